The molecule has 0 aliphatic carbocycles. The van der Waals surface area contributed by atoms with Gasteiger partial charge < -0.3 is 5.11 Å². The van der Waals surface area contributed by atoms with Gasteiger partial charge in [-0.1, -0.05) is 78.9 Å². The Morgan fingerprint density at radius 1 is 0.875 bits per heavy atom. The summed E-state index contributed by atoms with van der Waals surface area (Å²) in [6, 6.07) is 20.2. The van der Waals surface area contributed by atoms with Gasteiger partial charge in [-0.3, -0.25) is 9.59 Å². The fraction of sp³-hybridized carbons (Fsp3) is 0.143. The van der Waals surface area contributed by atoms with Crippen molar-refractivity contribution in [1.29, 1.82) is 0 Å². The Balaban J connectivity index is 2.08. The molecule has 0 bridgehead atoms. The van der Waals surface area contributed by atoms with E-state index in [-0.39, 0.29) is 12.2 Å². The van der Waals surface area contributed by atoms with Crippen LogP contribution in [0.2, 0.25) is 0 Å². The summed E-state index contributed by atoms with van der Waals surface area (Å²) in [5.41, 5.74) is 3.34. The number of carbonyl (C=O) groups excluding carboxylic acids is 1. The zero-order valence-electron chi connectivity index (χ0n) is 13.4. The predicted octanol–water partition coefficient (Wildman–Crippen LogP) is 4.50. The Morgan fingerprint density at radius 2 is 1.42 bits per heavy atom. The minimum absolute atomic E-state index is 0.248. The maximum Gasteiger partial charge on any atom is 0.310 e. The van der Waals surface area contributed by atoms with Crippen LogP contribution >= 0.6 is 0 Å². The second kappa shape index (κ2) is 9.26. The van der Waals surface area contributed by atoms with Crippen LogP contribution in [-0.2, 0) is 9.59 Å². The number of hydrogen-bond donors (Lipinski definition) is 1. The molecule has 0 aromatic heterocycles. The fourth-order valence-corrected chi connectivity index (χ4v) is 2.36. The Bertz CT molecular complexity index is 687. The first-order valence-corrected chi connectivity index (χ1v) is 7.88. The average Bonchev–Trinajstić information content (AvgIpc) is 2.59. The molecule has 2 aromatic carbocycles. The summed E-state index contributed by atoms with van der Waals surface area (Å²) in [6.07, 6.45) is 6.23. The number of hydrogen-bond acceptors (Lipinski definition) is 2. The van der Waals surface area contributed by atoms with Crippen LogP contribution in [0.25, 0.3) is 5.57 Å². The quantitative estimate of drug-likeness (QED) is 0.575. The van der Waals surface area contributed by atoms with E-state index in [2.05, 4.69) is 24.3 Å². The largest absolute Gasteiger partial charge is 0.481 e. The molecule has 0 saturated heterocycles. The lowest BCUT2D eigenvalue weighted by Crippen LogP contribution is -2.05. The summed E-state index contributed by atoms with van der Waals surface area (Å²) < 4.78 is 0. The topological polar surface area (TPSA) is 54.4 Å². The third-order valence-corrected chi connectivity index (χ3v) is 3.51. The van der Waals surface area contributed by atoms with Gasteiger partial charge in [0, 0.05) is 6.42 Å². The number of benzene rings is 2. The molecule has 0 amide bonds. The summed E-state index contributed by atoms with van der Waals surface area (Å²) in [5.74, 6) is -1.32. The molecule has 0 unspecified atom stereocenters. The maximum absolute atomic E-state index is 11.4. The number of carboxylic acids is 1. The number of allylic oxidation sites excluding steroid dienone is 3. The monoisotopic (exact) mass is 320 g/mol. The molecule has 0 spiro atoms. The van der Waals surface area contributed by atoms with Crippen LogP contribution in [0.3, 0.4) is 0 Å². The Hall–Kier alpha value is -2.94. The molecule has 24 heavy (non-hydrogen) atoms. The van der Waals surface area contributed by atoms with Gasteiger partial charge in [0.05, 0.1) is 0 Å². The van der Waals surface area contributed by atoms with Gasteiger partial charge >= 0.3 is 5.97 Å². The van der Waals surface area contributed by atoms with Crippen LogP contribution in [0.1, 0.15) is 30.4 Å². The van der Waals surface area contributed by atoms with Crippen molar-refractivity contribution in [2.75, 3.05) is 0 Å². The van der Waals surface area contributed by atoms with Crippen molar-refractivity contribution in [2.45, 2.75) is 19.3 Å². The zero-order chi connectivity index (χ0) is 17.2. The van der Waals surface area contributed by atoms with E-state index < -0.39 is 12.4 Å². The van der Waals surface area contributed by atoms with Crippen molar-refractivity contribution >= 4 is 17.3 Å². The minimum Gasteiger partial charge on any atom is -0.481 e. The van der Waals surface area contributed by atoms with Crippen molar-refractivity contribution < 1.29 is 14.7 Å². The van der Waals surface area contributed by atoms with E-state index in [1.54, 1.807) is 0 Å². The second-order valence-corrected chi connectivity index (χ2v) is 5.39. The highest BCUT2D eigenvalue weighted by molar-refractivity contribution is 5.94. The number of rotatable bonds is 8. The van der Waals surface area contributed by atoms with E-state index in [4.69, 9.17) is 5.11 Å². The molecular formula is C21H20O3. The number of carbonyl (C=O) groups is 2. The molecular weight excluding hydrogens is 300 g/mol. The Labute approximate surface area is 142 Å². The summed E-state index contributed by atoms with van der Waals surface area (Å²) in [4.78, 5) is 21.8. The summed E-state index contributed by atoms with van der Waals surface area (Å²) in [6.45, 7) is 0. The molecule has 0 atom stereocenters. The van der Waals surface area contributed by atoms with E-state index in [1.165, 1.54) is 0 Å². The number of aliphatic carboxylic acids is 1. The molecule has 122 valence electrons. The molecule has 3 nitrogen and oxygen atoms in total. The Kier molecular flexibility index (Phi) is 6.72. The molecule has 1 N–H and O–H groups in total. The lowest BCUT2D eigenvalue weighted by Gasteiger charge is -2.07. The molecule has 2 aromatic rings. The van der Waals surface area contributed by atoms with Crippen molar-refractivity contribution in [2.24, 2.45) is 0 Å². The van der Waals surface area contributed by atoms with Gasteiger partial charge in [0.2, 0.25) is 0 Å². The van der Waals surface area contributed by atoms with Crippen LogP contribution in [0.4, 0.5) is 0 Å². The van der Waals surface area contributed by atoms with Gasteiger partial charge in [-0.25, -0.2) is 0 Å². The first kappa shape index (κ1) is 17.4. The van der Waals surface area contributed by atoms with Crippen LogP contribution < -0.4 is 0 Å². The highest BCUT2D eigenvalue weighted by Crippen LogP contribution is 2.23. The lowest BCUT2D eigenvalue weighted by atomic mass is 9.97. The number of carboxylic acid groups (broad SMARTS) is 1. The lowest BCUT2D eigenvalue weighted by molar-refractivity contribution is -0.140. The first-order chi connectivity index (χ1) is 11.7. The van der Waals surface area contributed by atoms with E-state index in [9.17, 15) is 9.59 Å². The average molecular weight is 320 g/mol. The third-order valence-electron chi connectivity index (χ3n) is 3.51. The van der Waals surface area contributed by atoms with Crippen LogP contribution in [0, 0.1) is 0 Å². The van der Waals surface area contributed by atoms with Gasteiger partial charge in [-0.15, -0.1) is 0 Å². The van der Waals surface area contributed by atoms with Crippen LogP contribution in [-0.4, -0.2) is 16.9 Å². The SMILES string of the molecule is O=C(O)CC(=O)CCC=CC=C(c1ccccc1)c1ccccc1. The number of ketones is 1. The van der Waals surface area contributed by atoms with Crippen molar-refractivity contribution in [1.82, 2.24) is 0 Å². The maximum atomic E-state index is 11.4. The highest BCUT2D eigenvalue weighted by atomic mass is 16.4. The van der Waals surface area contributed by atoms with Gasteiger partial charge in [-0.2, -0.15) is 0 Å². The fourth-order valence-electron chi connectivity index (χ4n) is 2.36. The minimum atomic E-state index is -1.07. The van der Waals surface area contributed by atoms with Crippen molar-refractivity contribution in [3.05, 3.63) is 90.0 Å². The standard InChI is InChI=1S/C21H20O3/c22-19(16-21(23)24)14-8-3-9-15-20(17-10-4-1-5-11-17)18-12-6-2-7-13-18/h1-7,9-13,15H,8,14,16H2,(H,23,24). The molecule has 0 aliphatic heterocycles. The molecule has 0 saturated carbocycles. The summed E-state index contributed by atoms with van der Waals surface area (Å²) in [7, 11) is 0. The molecule has 0 radical (unpaired) electrons. The molecule has 0 aliphatic rings. The van der Waals surface area contributed by atoms with E-state index in [0.29, 0.717) is 6.42 Å². The van der Waals surface area contributed by atoms with E-state index in [0.717, 1.165) is 16.7 Å². The summed E-state index contributed by atoms with van der Waals surface area (Å²) >= 11 is 0. The van der Waals surface area contributed by atoms with Crippen molar-refractivity contribution in [3.8, 4) is 0 Å². The predicted molar refractivity (Wildman–Crippen MR) is 95.6 cm³/mol. The van der Waals surface area contributed by atoms with Gasteiger partial charge in [0.25, 0.3) is 0 Å². The molecule has 0 heterocycles. The van der Waals surface area contributed by atoms with E-state index >= 15 is 0 Å². The van der Waals surface area contributed by atoms with E-state index in [1.807, 2.05) is 54.6 Å². The van der Waals surface area contributed by atoms with Crippen LogP contribution in [0.15, 0.2) is 78.9 Å². The smallest absolute Gasteiger partial charge is 0.310 e. The molecule has 2 rings (SSSR count). The Morgan fingerprint density at radius 3 is 1.92 bits per heavy atom. The zero-order valence-corrected chi connectivity index (χ0v) is 13.4. The summed E-state index contributed by atoms with van der Waals surface area (Å²) in [5, 5.41) is 8.56. The third kappa shape index (κ3) is 5.69. The van der Waals surface area contributed by atoms with Gasteiger partial charge in [0.15, 0.2) is 0 Å². The van der Waals surface area contributed by atoms with Crippen LogP contribution in [0.5, 0.6) is 0 Å². The van der Waals surface area contributed by atoms with Crippen molar-refractivity contribution in [3.63, 3.8) is 0 Å². The highest BCUT2D eigenvalue weighted by Gasteiger charge is 2.06. The van der Waals surface area contributed by atoms with Gasteiger partial charge in [-0.05, 0) is 23.1 Å². The molecule has 0 fully saturated rings. The van der Waals surface area contributed by atoms with Gasteiger partial charge in [0.1, 0.15) is 12.2 Å². The normalized spacial score (nSPS) is 10.5. The first-order valence-electron chi connectivity index (χ1n) is 7.88. The second-order valence-electron chi connectivity index (χ2n) is 5.39. The number of Topliss-reactive ketones (excluding diaryl/α,β-unsaturated/α-hetero) is 1. The molecule has 3 heteroatoms.